The van der Waals surface area contributed by atoms with Crippen LogP contribution < -0.4 is 9.46 Å². The minimum Gasteiger partial charge on any atom is -0.491 e. The number of rotatable bonds is 6. The molecule has 8 heteroatoms. The third-order valence-corrected chi connectivity index (χ3v) is 6.23. The molecule has 0 saturated carbocycles. The van der Waals surface area contributed by atoms with Crippen LogP contribution in [0.1, 0.15) is 25.6 Å². The van der Waals surface area contributed by atoms with Crippen LogP contribution in [0.5, 0.6) is 5.75 Å². The van der Waals surface area contributed by atoms with Gasteiger partial charge in [0.05, 0.1) is 22.9 Å². The molecule has 1 N–H and O–H groups in total. The molecule has 0 atom stereocenters. The number of aromatic nitrogens is 2. The summed E-state index contributed by atoms with van der Waals surface area (Å²) >= 11 is 0. The number of nitrogens with zero attached hydrogens (tertiary/aromatic N) is 2. The van der Waals surface area contributed by atoms with Crippen molar-refractivity contribution in [3.05, 3.63) is 60.3 Å². The van der Waals surface area contributed by atoms with Gasteiger partial charge in [0.15, 0.2) is 11.6 Å². The minimum absolute atomic E-state index is 0.0236. The number of halogens is 1. The van der Waals surface area contributed by atoms with Gasteiger partial charge in [0.1, 0.15) is 5.82 Å². The van der Waals surface area contributed by atoms with Crippen molar-refractivity contribution in [2.45, 2.75) is 37.6 Å². The first-order valence-corrected chi connectivity index (χ1v) is 11.1. The lowest BCUT2D eigenvalue weighted by Gasteiger charge is -2.12. The van der Waals surface area contributed by atoms with Crippen LogP contribution in [-0.4, -0.2) is 24.6 Å². The number of hydrogen-bond acceptors (Lipinski definition) is 4. The number of nitrogens with one attached hydrogen (secondary N) is 1. The highest BCUT2D eigenvalue weighted by atomic mass is 32.2. The molecule has 3 aromatic rings. The van der Waals surface area contributed by atoms with Gasteiger partial charge in [-0.25, -0.2) is 17.8 Å². The molecule has 0 aliphatic carbocycles. The van der Waals surface area contributed by atoms with Crippen LogP contribution in [-0.2, 0) is 23.0 Å². The number of hydrogen-bond donors (Lipinski definition) is 1. The molecule has 1 aliphatic rings. The van der Waals surface area contributed by atoms with Crippen molar-refractivity contribution in [1.29, 1.82) is 0 Å². The van der Waals surface area contributed by atoms with Gasteiger partial charge in [0.2, 0.25) is 0 Å². The van der Waals surface area contributed by atoms with Crippen molar-refractivity contribution in [2.75, 3.05) is 11.3 Å². The fourth-order valence-corrected chi connectivity index (χ4v) is 4.55. The average Bonchev–Trinajstić information content (AvgIpc) is 3.14. The number of imidazole rings is 1. The predicted molar refractivity (Wildman–Crippen MR) is 109 cm³/mol. The molecule has 152 valence electrons. The number of para-hydroxylation sites is 1. The SMILES string of the molecule is CCOc1ccc(S(=O)(=O)Nc2ccccc2-c2cn3c(n2)CCCC3)cc1F. The minimum atomic E-state index is -3.98. The Bertz CT molecular complexity index is 1120. The molecule has 0 amide bonds. The molecule has 0 radical (unpaired) electrons. The molecule has 29 heavy (non-hydrogen) atoms. The van der Waals surface area contributed by atoms with Gasteiger partial charge < -0.3 is 9.30 Å². The maximum atomic E-state index is 14.2. The Balaban J connectivity index is 1.66. The van der Waals surface area contributed by atoms with E-state index in [9.17, 15) is 12.8 Å². The van der Waals surface area contributed by atoms with Crippen molar-refractivity contribution in [3.63, 3.8) is 0 Å². The molecule has 0 saturated heterocycles. The molecule has 2 aromatic carbocycles. The second-order valence-electron chi connectivity index (χ2n) is 6.87. The van der Waals surface area contributed by atoms with E-state index in [-0.39, 0.29) is 10.6 Å². The Morgan fingerprint density at radius 1 is 1.21 bits per heavy atom. The quantitative estimate of drug-likeness (QED) is 0.654. The van der Waals surface area contributed by atoms with E-state index >= 15 is 0 Å². The zero-order chi connectivity index (χ0) is 20.4. The molecule has 0 fully saturated rings. The fourth-order valence-electron chi connectivity index (χ4n) is 3.46. The van der Waals surface area contributed by atoms with Crippen LogP contribution in [0.2, 0.25) is 0 Å². The first-order chi connectivity index (χ1) is 14.0. The molecule has 0 bridgehead atoms. The molecule has 1 aromatic heterocycles. The van der Waals surface area contributed by atoms with Gasteiger partial charge in [-0.1, -0.05) is 18.2 Å². The Kier molecular flexibility index (Phi) is 5.27. The summed E-state index contributed by atoms with van der Waals surface area (Å²) in [4.78, 5) is 4.51. The number of aryl methyl sites for hydroxylation is 2. The number of anilines is 1. The summed E-state index contributed by atoms with van der Waals surface area (Å²) in [6, 6.07) is 10.7. The fraction of sp³-hybridized carbons (Fsp3) is 0.286. The third-order valence-electron chi connectivity index (χ3n) is 4.87. The van der Waals surface area contributed by atoms with Gasteiger partial charge in [-0.05, 0) is 44.0 Å². The van der Waals surface area contributed by atoms with Crippen LogP contribution in [0.4, 0.5) is 10.1 Å². The lowest BCUT2D eigenvalue weighted by atomic mass is 10.1. The van der Waals surface area contributed by atoms with Crippen molar-refractivity contribution >= 4 is 15.7 Å². The molecular weight excluding hydrogens is 393 g/mol. The lowest BCUT2D eigenvalue weighted by molar-refractivity contribution is 0.321. The molecular formula is C21H22FN3O3S. The highest BCUT2D eigenvalue weighted by Gasteiger charge is 2.20. The Morgan fingerprint density at radius 2 is 2.03 bits per heavy atom. The number of benzene rings is 2. The van der Waals surface area contributed by atoms with E-state index in [1.807, 2.05) is 18.3 Å². The molecule has 1 aliphatic heterocycles. The summed E-state index contributed by atoms with van der Waals surface area (Å²) in [6.45, 7) is 2.95. The largest absolute Gasteiger partial charge is 0.491 e. The zero-order valence-corrected chi connectivity index (χ0v) is 16.9. The first kappa shape index (κ1) is 19.4. The van der Waals surface area contributed by atoms with E-state index in [1.54, 1.807) is 19.1 Å². The summed E-state index contributed by atoms with van der Waals surface area (Å²) in [5.74, 6) is 0.317. The topological polar surface area (TPSA) is 73.2 Å². The number of fused-ring (bicyclic) bond motifs is 1. The highest BCUT2D eigenvalue weighted by molar-refractivity contribution is 7.92. The second kappa shape index (κ2) is 7.87. The summed E-state index contributed by atoms with van der Waals surface area (Å²) < 4.78 is 49.7. The van der Waals surface area contributed by atoms with E-state index in [4.69, 9.17) is 4.74 Å². The van der Waals surface area contributed by atoms with Gasteiger partial charge in [0, 0.05) is 24.7 Å². The van der Waals surface area contributed by atoms with Crippen LogP contribution in [0.25, 0.3) is 11.3 Å². The van der Waals surface area contributed by atoms with Crippen LogP contribution >= 0.6 is 0 Å². The monoisotopic (exact) mass is 415 g/mol. The molecule has 6 nitrogen and oxygen atoms in total. The smallest absolute Gasteiger partial charge is 0.262 e. The van der Waals surface area contributed by atoms with Crippen LogP contribution in [0, 0.1) is 5.82 Å². The van der Waals surface area contributed by atoms with Gasteiger partial charge in [-0.2, -0.15) is 0 Å². The zero-order valence-electron chi connectivity index (χ0n) is 16.1. The maximum absolute atomic E-state index is 14.2. The summed E-state index contributed by atoms with van der Waals surface area (Å²) in [6.07, 6.45) is 5.09. The predicted octanol–water partition coefficient (Wildman–Crippen LogP) is 4.23. The van der Waals surface area contributed by atoms with Gasteiger partial charge >= 0.3 is 0 Å². The van der Waals surface area contributed by atoms with E-state index in [0.717, 1.165) is 43.4 Å². The van der Waals surface area contributed by atoms with E-state index in [1.165, 1.54) is 12.1 Å². The third kappa shape index (κ3) is 3.98. The highest BCUT2D eigenvalue weighted by Crippen LogP contribution is 2.31. The standard InChI is InChI=1S/C21H22FN3O3S/c1-2-28-20-11-10-15(13-17(20)22)29(26,27)24-18-8-4-3-7-16(18)19-14-25-12-6-5-9-21(25)23-19/h3-4,7-8,10-11,13-14,24H,2,5-6,9,12H2,1H3. The first-order valence-electron chi connectivity index (χ1n) is 9.58. The lowest BCUT2D eigenvalue weighted by Crippen LogP contribution is -2.14. The van der Waals surface area contributed by atoms with E-state index < -0.39 is 15.8 Å². The number of ether oxygens (including phenoxy) is 1. The van der Waals surface area contributed by atoms with Crippen molar-refractivity contribution in [2.24, 2.45) is 0 Å². The Hall–Kier alpha value is -2.87. The summed E-state index contributed by atoms with van der Waals surface area (Å²) in [7, 11) is -3.98. The molecule has 4 rings (SSSR count). The Labute approximate surface area is 169 Å². The molecule has 0 unspecified atom stereocenters. The van der Waals surface area contributed by atoms with Crippen LogP contribution in [0.3, 0.4) is 0 Å². The average molecular weight is 415 g/mol. The second-order valence-corrected chi connectivity index (χ2v) is 8.55. The summed E-state index contributed by atoms with van der Waals surface area (Å²) in [5.41, 5.74) is 1.81. The van der Waals surface area contributed by atoms with Gasteiger partial charge in [0.25, 0.3) is 10.0 Å². The molecule has 2 heterocycles. The van der Waals surface area contributed by atoms with Crippen molar-refractivity contribution in [3.8, 4) is 17.0 Å². The van der Waals surface area contributed by atoms with Crippen molar-refractivity contribution < 1.29 is 17.5 Å². The van der Waals surface area contributed by atoms with Crippen molar-refractivity contribution in [1.82, 2.24) is 9.55 Å². The Morgan fingerprint density at radius 3 is 2.79 bits per heavy atom. The normalized spacial score (nSPS) is 13.7. The van der Waals surface area contributed by atoms with Gasteiger partial charge in [-0.3, -0.25) is 4.72 Å². The molecule has 0 spiro atoms. The summed E-state index contributed by atoms with van der Waals surface area (Å²) in [5, 5.41) is 0. The van der Waals surface area contributed by atoms with Crippen LogP contribution in [0.15, 0.2) is 53.6 Å². The van der Waals surface area contributed by atoms with E-state index in [0.29, 0.717) is 17.9 Å². The maximum Gasteiger partial charge on any atom is 0.262 e. The number of sulfonamides is 1. The van der Waals surface area contributed by atoms with E-state index in [2.05, 4.69) is 14.3 Å². The van der Waals surface area contributed by atoms with Gasteiger partial charge in [-0.15, -0.1) is 0 Å².